The van der Waals surface area contributed by atoms with E-state index in [0.717, 1.165) is 0 Å². The molecule has 2 nitrogen and oxygen atoms in total. The monoisotopic (exact) mass is 200 g/mol. The van der Waals surface area contributed by atoms with Crippen molar-refractivity contribution in [2.24, 2.45) is 0 Å². The van der Waals surface area contributed by atoms with Crippen LogP contribution in [0.25, 0.3) is 0 Å². The molecule has 0 aliphatic heterocycles. The highest BCUT2D eigenvalue weighted by Gasteiger charge is 2.17. The molecule has 0 aromatic carbocycles. The Balaban J connectivity index is 4.00. The smallest absolute Gasteiger partial charge is 0.0220 e. The zero-order valence-electron chi connectivity index (χ0n) is 10.6. The van der Waals surface area contributed by atoms with Crippen LogP contribution in [0.15, 0.2) is 0 Å². The average Bonchev–Trinajstić information content (AvgIpc) is 2.16. The van der Waals surface area contributed by atoms with E-state index in [1.165, 1.54) is 25.7 Å². The largest absolute Gasteiger partial charge is 0.315 e. The quantitative estimate of drug-likeness (QED) is 0.629. The summed E-state index contributed by atoms with van der Waals surface area (Å²) >= 11 is 0. The number of hydrogen-bond donors (Lipinski definition) is 2. The molecule has 0 aliphatic carbocycles. The van der Waals surface area contributed by atoms with Crippen LogP contribution in [0.2, 0.25) is 0 Å². The first-order chi connectivity index (χ1) is 6.65. The SMILES string of the molecule is CCCCC(NC)C(CC)NC(C)C. The maximum atomic E-state index is 3.63. The van der Waals surface area contributed by atoms with Crippen LogP contribution in [0.5, 0.6) is 0 Å². The Morgan fingerprint density at radius 3 is 2.07 bits per heavy atom. The highest BCUT2D eigenvalue weighted by atomic mass is 15.0. The Hall–Kier alpha value is -0.0800. The molecular formula is C12H28N2. The van der Waals surface area contributed by atoms with E-state index in [-0.39, 0.29) is 0 Å². The molecular weight excluding hydrogens is 172 g/mol. The van der Waals surface area contributed by atoms with E-state index in [0.29, 0.717) is 18.1 Å². The summed E-state index contributed by atoms with van der Waals surface area (Å²) in [6.07, 6.45) is 5.09. The minimum atomic E-state index is 0.581. The van der Waals surface area contributed by atoms with E-state index >= 15 is 0 Å². The minimum absolute atomic E-state index is 0.581. The molecule has 2 heteroatoms. The number of hydrogen-bond acceptors (Lipinski definition) is 2. The predicted molar refractivity (Wildman–Crippen MR) is 64.7 cm³/mol. The van der Waals surface area contributed by atoms with Gasteiger partial charge in [0, 0.05) is 18.1 Å². The third-order valence-corrected chi connectivity index (χ3v) is 2.71. The van der Waals surface area contributed by atoms with Crippen LogP contribution in [-0.4, -0.2) is 25.2 Å². The van der Waals surface area contributed by atoms with Crippen LogP contribution in [0.1, 0.15) is 53.4 Å². The summed E-state index contributed by atoms with van der Waals surface area (Å²) in [5, 5.41) is 7.06. The topological polar surface area (TPSA) is 24.1 Å². The average molecular weight is 200 g/mol. The van der Waals surface area contributed by atoms with Gasteiger partial charge in [-0.1, -0.05) is 40.5 Å². The van der Waals surface area contributed by atoms with Crippen molar-refractivity contribution in [3.8, 4) is 0 Å². The molecule has 0 bridgehead atoms. The van der Waals surface area contributed by atoms with Crippen molar-refractivity contribution in [1.29, 1.82) is 0 Å². The lowest BCUT2D eigenvalue weighted by Crippen LogP contribution is -2.48. The zero-order valence-corrected chi connectivity index (χ0v) is 10.6. The maximum Gasteiger partial charge on any atom is 0.0220 e. The minimum Gasteiger partial charge on any atom is -0.315 e. The Kier molecular flexibility index (Phi) is 8.20. The zero-order chi connectivity index (χ0) is 11.0. The van der Waals surface area contributed by atoms with Crippen LogP contribution in [0, 0.1) is 0 Å². The normalized spacial score (nSPS) is 15.9. The molecule has 0 aromatic heterocycles. The molecule has 0 amide bonds. The summed E-state index contributed by atoms with van der Waals surface area (Å²) < 4.78 is 0. The van der Waals surface area contributed by atoms with Crippen molar-refractivity contribution in [1.82, 2.24) is 10.6 Å². The number of unbranched alkanes of at least 4 members (excludes halogenated alkanes) is 1. The number of nitrogens with one attached hydrogen (secondary N) is 2. The number of likely N-dealkylation sites (N-methyl/N-ethyl adjacent to an activating group) is 1. The second-order valence-corrected chi connectivity index (χ2v) is 4.37. The van der Waals surface area contributed by atoms with E-state index < -0.39 is 0 Å². The van der Waals surface area contributed by atoms with Crippen molar-refractivity contribution >= 4 is 0 Å². The molecule has 14 heavy (non-hydrogen) atoms. The van der Waals surface area contributed by atoms with Gasteiger partial charge >= 0.3 is 0 Å². The second kappa shape index (κ2) is 8.25. The molecule has 2 N–H and O–H groups in total. The van der Waals surface area contributed by atoms with Gasteiger partial charge < -0.3 is 10.6 Å². The van der Waals surface area contributed by atoms with E-state index in [1.807, 2.05) is 0 Å². The third kappa shape index (κ3) is 5.61. The van der Waals surface area contributed by atoms with Gasteiger partial charge in [0.15, 0.2) is 0 Å². The molecule has 0 fully saturated rings. The van der Waals surface area contributed by atoms with Gasteiger partial charge in [0.1, 0.15) is 0 Å². The van der Waals surface area contributed by atoms with Gasteiger partial charge in [-0.25, -0.2) is 0 Å². The van der Waals surface area contributed by atoms with Crippen LogP contribution >= 0.6 is 0 Å². The predicted octanol–water partition coefficient (Wildman–Crippen LogP) is 2.54. The maximum absolute atomic E-state index is 3.63. The van der Waals surface area contributed by atoms with Crippen LogP contribution in [0.3, 0.4) is 0 Å². The number of rotatable bonds is 8. The van der Waals surface area contributed by atoms with Crippen molar-refractivity contribution in [3.63, 3.8) is 0 Å². The van der Waals surface area contributed by atoms with Gasteiger partial charge in [-0.3, -0.25) is 0 Å². The summed E-state index contributed by atoms with van der Waals surface area (Å²) in [6, 6.07) is 1.83. The first-order valence-electron chi connectivity index (χ1n) is 6.08. The summed E-state index contributed by atoms with van der Waals surface area (Å²) in [5.41, 5.74) is 0. The first kappa shape index (κ1) is 13.9. The standard InChI is InChI=1S/C12H28N2/c1-6-8-9-12(13-5)11(7-2)14-10(3)4/h10-14H,6-9H2,1-5H3. The fraction of sp³-hybridized carbons (Fsp3) is 1.00. The van der Waals surface area contributed by atoms with E-state index in [2.05, 4.69) is 45.4 Å². The van der Waals surface area contributed by atoms with E-state index in [4.69, 9.17) is 0 Å². The Morgan fingerprint density at radius 2 is 1.71 bits per heavy atom. The molecule has 0 aromatic rings. The molecule has 0 heterocycles. The highest BCUT2D eigenvalue weighted by molar-refractivity contribution is 4.81. The lowest BCUT2D eigenvalue weighted by atomic mass is 9.99. The summed E-state index contributed by atoms with van der Waals surface area (Å²) in [5.74, 6) is 0. The summed E-state index contributed by atoms with van der Waals surface area (Å²) in [7, 11) is 2.07. The van der Waals surface area contributed by atoms with E-state index in [9.17, 15) is 0 Å². The summed E-state index contributed by atoms with van der Waals surface area (Å²) in [6.45, 7) is 8.95. The van der Waals surface area contributed by atoms with Crippen molar-refractivity contribution < 1.29 is 0 Å². The molecule has 0 saturated heterocycles. The Labute approximate surface area is 89.9 Å². The molecule has 86 valence electrons. The molecule has 2 unspecified atom stereocenters. The Bertz CT molecular complexity index is 123. The van der Waals surface area contributed by atoms with Gasteiger partial charge in [0.25, 0.3) is 0 Å². The van der Waals surface area contributed by atoms with Gasteiger partial charge in [0.2, 0.25) is 0 Å². The summed E-state index contributed by atoms with van der Waals surface area (Å²) in [4.78, 5) is 0. The molecule has 0 rings (SSSR count). The molecule has 0 aliphatic rings. The van der Waals surface area contributed by atoms with Gasteiger partial charge in [-0.2, -0.15) is 0 Å². The van der Waals surface area contributed by atoms with Gasteiger partial charge in [-0.15, -0.1) is 0 Å². The highest BCUT2D eigenvalue weighted by Crippen LogP contribution is 2.08. The molecule has 0 saturated carbocycles. The lowest BCUT2D eigenvalue weighted by molar-refractivity contribution is 0.334. The third-order valence-electron chi connectivity index (χ3n) is 2.71. The second-order valence-electron chi connectivity index (χ2n) is 4.37. The fourth-order valence-corrected chi connectivity index (χ4v) is 1.92. The van der Waals surface area contributed by atoms with Crippen molar-refractivity contribution in [3.05, 3.63) is 0 Å². The first-order valence-corrected chi connectivity index (χ1v) is 6.08. The van der Waals surface area contributed by atoms with Crippen LogP contribution in [0.4, 0.5) is 0 Å². The van der Waals surface area contributed by atoms with E-state index in [1.54, 1.807) is 0 Å². The Morgan fingerprint density at radius 1 is 1.07 bits per heavy atom. The van der Waals surface area contributed by atoms with Gasteiger partial charge in [-0.05, 0) is 19.9 Å². The lowest BCUT2D eigenvalue weighted by Gasteiger charge is -2.28. The van der Waals surface area contributed by atoms with Crippen molar-refractivity contribution in [2.45, 2.75) is 71.5 Å². The van der Waals surface area contributed by atoms with Crippen molar-refractivity contribution in [2.75, 3.05) is 7.05 Å². The van der Waals surface area contributed by atoms with Gasteiger partial charge in [0.05, 0.1) is 0 Å². The molecule has 0 radical (unpaired) electrons. The molecule has 0 spiro atoms. The fourth-order valence-electron chi connectivity index (χ4n) is 1.92. The van der Waals surface area contributed by atoms with Crippen LogP contribution in [-0.2, 0) is 0 Å². The van der Waals surface area contributed by atoms with Crippen LogP contribution < -0.4 is 10.6 Å². The molecule has 2 atom stereocenters.